The van der Waals surface area contributed by atoms with Gasteiger partial charge < -0.3 is 5.32 Å². The Morgan fingerprint density at radius 1 is 1.32 bits per heavy atom. The van der Waals surface area contributed by atoms with Crippen LogP contribution in [0.25, 0.3) is 0 Å². The highest BCUT2D eigenvalue weighted by atomic mass is 14.9. The molecule has 1 nitrogen and oxygen atoms in total. The van der Waals surface area contributed by atoms with E-state index in [9.17, 15) is 0 Å². The SMILES string of the molecule is CC#CCCC(NCC)C1CCc2ccccc2C1. The predicted molar refractivity (Wildman–Crippen MR) is 82.1 cm³/mol. The molecule has 2 atom stereocenters. The van der Waals surface area contributed by atoms with E-state index in [1.807, 2.05) is 6.92 Å². The van der Waals surface area contributed by atoms with Crippen molar-refractivity contribution < 1.29 is 0 Å². The van der Waals surface area contributed by atoms with Gasteiger partial charge in [0.1, 0.15) is 0 Å². The Morgan fingerprint density at radius 3 is 2.84 bits per heavy atom. The summed E-state index contributed by atoms with van der Waals surface area (Å²) in [6.45, 7) is 5.19. The summed E-state index contributed by atoms with van der Waals surface area (Å²) >= 11 is 0. The molecule has 1 N–H and O–H groups in total. The van der Waals surface area contributed by atoms with E-state index in [2.05, 4.69) is 48.3 Å². The van der Waals surface area contributed by atoms with Gasteiger partial charge in [0, 0.05) is 12.5 Å². The van der Waals surface area contributed by atoms with Crippen molar-refractivity contribution in [2.24, 2.45) is 5.92 Å². The third kappa shape index (κ3) is 3.85. The normalized spacial score (nSPS) is 19.2. The van der Waals surface area contributed by atoms with Gasteiger partial charge in [-0.25, -0.2) is 0 Å². The molecule has 1 aromatic rings. The molecule has 0 amide bonds. The first-order valence-electron chi connectivity index (χ1n) is 7.55. The standard InChI is InChI=1S/C18H25N/c1-3-5-6-11-18(19-4-2)17-13-12-15-9-7-8-10-16(15)14-17/h7-10,17-19H,4,6,11-14H2,1-2H3. The summed E-state index contributed by atoms with van der Waals surface area (Å²) in [5.41, 5.74) is 3.12. The molecule has 0 aromatic heterocycles. The number of rotatable bonds is 5. The van der Waals surface area contributed by atoms with Gasteiger partial charge in [-0.15, -0.1) is 11.8 Å². The van der Waals surface area contributed by atoms with E-state index in [0.29, 0.717) is 6.04 Å². The van der Waals surface area contributed by atoms with Gasteiger partial charge in [-0.1, -0.05) is 31.2 Å². The summed E-state index contributed by atoms with van der Waals surface area (Å²) in [5, 5.41) is 3.67. The minimum Gasteiger partial charge on any atom is -0.314 e. The molecular formula is C18H25N. The number of nitrogens with one attached hydrogen (secondary N) is 1. The molecule has 0 spiro atoms. The van der Waals surface area contributed by atoms with E-state index in [0.717, 1.165) is 18.9 Å². The topological polar surface area (TPSA) is 12.0 Å². The first kappa shape index (κ1) is 14.2. The Hall–Kier alpha value is -1.26. The Kier molecular flexibility index (Phi) is 5.48. The quantitative estimate of drug-likeness (QED) is 0.793. The third-order valence-electron chi connectivity index (χ3n) is 4.18. The fourth-order valence-corrected chi connectivity index (χ4v) is 3.19. The Bertz CT molecular complexity index is 452. The van der Waals surface area contributed by atoms with E-state index in [1.54, 1.807) is 11.1 Å². The van der Waals surface area contributed by atoms with Crippen molar-refractivity contribution in [3.63, 3.8) is 0 Å². The van der Waals surface area contributed by atoms with Gasteiger partial charge in [-0.3, -0.25) is 0 Å². The second-order valence-electron chi connectivity index (χ2n) is 5.40. The zero-order valence-electron chi connectivity index (χ0n) is 12.2. The zero-order chi connectivity index (χ0) is 13.5. The first-order valence-corrected chi connectivity index (χ1v) is 7.55. The summed E-state index contributed by atoms with van der Waals surface area (Å²) in [7, 11) is 0. The van der Waals surface area contributed by atoms with Gasteiger partial charge in [0.15, 0.2) is 0 Å². The van der Waals surface area contributed by atoms with Crippen LogP contribution < -0.4 is 5.32 Å². The molecule has 1 aliphatic rings. The maximum Gasteiger partial charge on any atom is 0.0108 e. The second kappa shape index (κ2) is 7.36. The molecule has 1 aromatic carbocycles. The highest BCUT2D eigenvalue weighted by Crippen LogP contribution is 2.28. The summed E-state index contributed by atoms with van der Waals surface area (Å²) in [4.78, 5) is 0. The fraction of sp³-hybridized carbons (Fsp3) is 0.556. The van der Waals surface area contributed by atoms with Crippen molar-refractivity contribution in [3.8, 4) is 11.8 Å². The number of fused-ring (bicyclic) bond motifs is 1. The van der Waals surface area contributed by atoms with Crippen molar-refractivity contribution >= 4 is 0 Å². The van der Waals surface area contributed by atoms with Crippen molar-refractivity contribution in [1.29, 1.82) is 0 Å². The van der Waals surface area contributed by atoms with Crippen LogP contribution in [0.4, 0.5) is 0 Å². The van der Waals surface area contributed by atoms with Gasteiger partial charge in [-0.05, 0) is 56.2 Å². The maximum atomic E-state index is 3.67. The van der Waals surface area contributed by atoms with Crippen molar-refractivity contribution in [2.75, 3.05) is 6.54 Å². The summed E-state index contributed by atoms with van der Waals surface area (Å²) in [6, 6.07) is 9.55. The smallest absolute Gasteiger partial charge is 0.0108 e. The van der Waals surface area contributed by atoms with Crippen molar-refractivity contribution in [1.82, 2.24) is 5.32 Å². The first-order chi connectivity index (χ1) is 9.35. The van der Waals surface area contributed by atoms with Crippen LogP contribution in [0.15, 0.2) is 24.3 Å². The van der Waals surface area contributed by atoms with Crippen molar-refractivity contribution in [3.05, 3.63) is 35.4 Å². The molecule has 0 saturated carbocycles. The molecule has 102 valence electrons. The van der Waals surface area contributed by atoms with Crippen LogP contribution >= 0.6 is 0 Å². The lowest BCUT2D eigenvalue weighted by Crippen LogP contribution is -2.38. The molecule has 2 unspecified atom stereocenters. The van der Waals surface area contributed by atoms with Crippen LogP contribution in [0.5, 0.6) is 0 Å². The molecule has 0 heterocycles. The lowest BCUT2D eigenvalue weighted by molar-refractivity contribution is 0.311. The van der Waals surface area contributed by atoms with Gasteiger partial charge in [0.05, 0.1) is 0 Å². The largest absolute Gasteiger partial charge is 0.314 e. The Morgan fingerprint density at radius 2 is 2.11 bits per heavy atom. The van der Waals surface area contributed by atoms with Crippen LogP contribution in [-0.2, 0) is 12.8 Å². The Labute approximate surface area is 117 Å². The average Bonchev–Trinajstić information content (AvgIpc) is 2.46. The predicted octanol–water partition coefficient (Wildman–Crippen LogP) is 3.57. The number of hydrogen-bond donors (Lipinski definition) is 1. The van der Waals surface area contributed by atoms with Crippen LogP contribution in [-0.4, -0.2) is 12.6 Å². The summed E-state index contributed by atoms with van der Waals surface area (Å²) in [6.07, 6.45) is 5.98. The van der Waals surface area contributed by atoms with E-state index < -0.39 is 0 Å². The van der Waals surface area contributed by atoms with E-state index >= 15 is 0 Å². The highest BCUT2D eigenvalue weighted by molar-refractivity contribution is 5.30. The summed E-state index contributed by atoms with van der Waals surface area (Å²) in [5.74, 6) is 6.98. The summed E-state index contributed by atoms with van der Waals surface area (Å²) < 4.78 is 0. The van der Waals surface area contributed by atoms with Gasteiger partial charge in [0.2, 0.25) is 0 Å². The van der Waals surface area contributed by atoms with Crippen LogP contribution in [0.3, 0.4) is 0 Å². The molecular weight excluding hydrogens is 230 g/mol. The van der Waals surface area contributed by atoms with Gasteiger partial charge in [0.25, 0.3) is 0 Å². The van der Waals surface area contributed by atoms with Crippen LogP contribution in [0.1, 0.15) is 44.2 Å². The lowest BCUT2D eigenvalue weighted by atomic mass is 9.79. The molecule has 1 heteroatoms. The van der Waals surface area contributed by atoms with Gasteiger partial charge >= 0.3 is 0 Å². The van der Waals surface area contributed by atoms with Crippen LogP contribution in [0, 0.1) is 17.8 Å². The minimum absolute atomic E-state index is 0.624. The molecule has 0 saturated heterocycles. The molecule has 0 bridgehead atoms. The van der Waals surface area contributed by atoms with Crippen molar-refractivity contribution in [2.45, 2.75) is 52.0 Å². The number of benzene rings is 1. The minimum atomic E-state index is 0.624. The molecule has 0 fully saturated rings. The fourth-order valence-electron chi connectivity index (χ4n) is 3.19. The number of hydrogen-bond acceptors (Lipinski definition) is 1. The second-order valence-corrected chi connectivity index (χ2v) is 5.40. The van der Waals surface area contributed by atoms with E-state index in [1.165, 1.54) is 25.7 Å². The highest BCUT2D eigenvalue weighted by Gasteiger charge is 2.25. The molecule has 0 aliphatic heterocycles. The Balaban J connectivity index is 2.00. The number of aryl methyl sites for hydroxylation is 1. The monoisotopic (exact) mass is 255 g/mol. The maximum absolute atomic E-state index is 3.67. The average molecular weight is 255 g/mol. The zero-order valence-corrected chi connectivity index (χ0v) is 12.2. The molecule has 2 rings (SSSR count). The molecule has 0 radical (unpaired) electrons. The third-order valence-corrected chi connectivity index (χ3v) is 4.18. The van der Waals surface area contributed by atoms with Gasteiger partial charge in [-0.2, -0.15) is 0 Å². The van der Waals surface area contributed by atoms with E-state index in [4.69, 9.17) is 0 Å². The van der Waals surface area contributed by atoms with Crippen LogP contribution in [0.2, 0.25) is 0 Å². The molecule has 1 aliphatic carbocycles. The lowest BCUT2D eigenvalue weighted by Gasteiger charge is -2.32. The van der Waals surface area contributed by atoms with E-state index in [-0.39, 0.29) is 0 Å². The molecule has 19 heavy (non-hydrogen) atoms.